The van der Waals surface area contributed by atoms with Gasteiger partial charge in [0.05, 0.1) is 6.42 Å². The zero-order valence-electron chi connectivity index (χ0n) is 26.9. The van der Waals surface area contributed by atoms with Crippen LogP contribution in [0.3, 0.4) is 0 Å². The van der Waals surface area contributed by atoms with Gasteiger partial charge in [-0.05, 0) is 53.2 Å². The molecule has 4 rings (SSSR count). The summed E-state index contributed by atoms with van der Waals surface area (Å²) in [6.07, 6.45) is -1.62. The first-order chi connectivity index (χ1) is 22.5. The van der Waals surface area contributed by atoms with E-state index in [4.69, 9.17) is 11.5 Å². The van der Waals surface area contributed by atoms with Gasteiger partial charge in [-0.15, -0.1) is 0 Å². The Labute approximate surface area is 275 Å². The van der Waals surface area contributed by atoms with Gasteiger partial charge in [0, 0.05) is 90.9 Å². The van der Waals surface area contributed by atoms with Crippen LogP contribution in [0.25, 0.3) is 0 Å². The van der Waals surface area contributed by atoms with Crippen molar-refractivity contribution in [3.63, 3.8) is 0 Å². The molecule has 0 spiro atoms. The van der Waals surface area contributed by atoms with E-state index in [-0.39, 0.29) is 37.5 Å². The lowest BCUT2D eigenvalue weighted by Gasteiger charge is -2.37. The molecule has 13 nitrogen and oxygen atoms in total. The normalized spacial score (nSPS) is 15.0. The third-order valence-electron chi connectivity index (χ3n) is 8.05. The number of carbonyl (C=O) groups is 4. The van der Waals surface area contributed by atoms with Gasteiger partial charge in [0.15, 0.2) is 6.10 Å². The SMILES string of the molecule is CN(Cc1ccc(N)cc1)C(=O)N1CCN(C(=O)CC#CC#CC(O)C(=O)N2CCN(C(=O)N(C)Cc3ccc(N)cc3)CC2)CC1. The number of rotatable bonds is 6. The smallest absolute Gasteiger partial charge is 0.320 e. The highest BCUT2D eigenvalue weighted by Crippen LogP contribution is 2.13. The Morgan fingerprint density at radius 1 is 0.681 bits per heavy atom. The number of amides is 6. The standard InChI is InChI=1S/C34H42N8O5/c1-37(24-26-8-12-28(35)13-9-26)33(46)41-20-16-39(17-21-41)31(44)7-5-3-4-6-30(43)32(45)40-18-22-42(23-19-40)34(47)38(2)25-27-10-14-29(36)15-11-27/h8-15,30,43H,7,16-25,35-36H2,1-2H3. The maximum Gasteiger partial charge on any atom is 0.320 e. The highest BCUT2D eigenvalue weighted by molar-refractivity contribution is 5.84. The van der Waals surface area contributed by atoms with Gasteiger partial charge in [-0.1, -0.05) is 30.2 Å². The van der Waals surface area contributed by atoms with Crippen molar-refractivity contribution < 1.29 is 24.3 Å². The molecule has 0 aromatic heterocycles. The van der Waals surface area contributed by atoms with Crippen LogP contribution in [0, 0.1) is 23.7 Å². The number of nitrogens with two attached hydrogens (primary N) is 2. The third-order valence-corrected chi connectivity index (χ3v) is 8.05. The highest BCUT2D eigenvalue weighted by Gasteiger charge is 2.29. The lowest BCUT2D eigenvalue weighted by atomic mass is 10.2. The molecule has 2 saturated heterocycles. The molecule has 47 heavy (non-hydrogen) atoms. The lowest BCUT2D eigenvalue weighted by molar-refractivity contribution is -0.138. The summed E-state index contributed by atoms with van der Waals surface area (Å²) in [5.41, 5.74) is 14.7. The fraction of sp³-hybridized carbons (Fsp3) is 0.412. The van der Waals surface area contributed by atoms with Gasteiger partial charge in [0.2, 0.25) is 5.91 Å². The number of aliphatic hydroxyl groups excluding tert-OH is 1. The van der Waals surface area contributed by atoms with Crippen LogP contribution < -0.4 is 11.5 Å². The maximum absolute atomic E-state index is 12.9. The monoisotopic (exact) mass is 642 g/mol. The molecule has 0 aliphatic carbocycles. The molecular formula is C34H42N8O5. The van der Waals surface area contributed by atoms with E-state index in [2.05, 4.69) is 23.7 Å². The van der Waals surface area contributed by atoms with E-state index in [9.17, 15) is 24.3 Å². The number of hydrogen-bond acceptors (Lipinski definition) is 7. The van der Waals surface area contributed by atoms with Crippen LogP contribution in [0.15, 0.2) is 48.5 Å². The summed E-state index contributed by atoms with van der Waals surface area (Å²) < 4.78 is 0. The van der Waals surface area contributed by atoms with Crippen molar-refractivity contribution in [2.75, 3.05) is 77.9 Å². The van der Waals surface area contributed by atoms with Gasteiger partial charge in [-0.25, -0.2) is 9.59 Å². The van der Waals surface area contributed by atoms with Crippen LogP contribution in [0.5, 0.6) is 0 Å². The summed E-state index contributed by atoms with van der Waals surface area (Å²) in [7, 11) is 3.46. The molecule has 2 aliphatic rings. The molecule has 1 atom stereocenters. The van der Waals surface area contributed by atoms with Gasteiger partial charge < -0.3 is 46.0 Å². The minimum atomic E-state index is -1.56. The number of piperazine rings is 2. The average molecular weight is 643 g/mol. The van der Waals surface area contributed by atoms with Gasteiger partial charge in [0.25, 0.3) is 5.91 Å². The second-order valence-electron chi connectivity index (χ2n) is 11.6. The molecule has 0 radical (unpaired) electrons. The summed E-state index contributed by atoms with van der Waals surface area (Å²) in [6, 6.07) is 14.4. The Bertz CT molecular complexity index is 1540. The van der Waals surface area contributed by atoms with Crippen LogP contribution in [0.2, 0.25) is 0 Å². The van der Waals surface area contributed by atoms with E-state index in [1.54, 1.807) is 62.9 Å². The summed E-state index contributed by atoms with van der Waals surface area (Å²) in [4.78, 5) is 60.7. The number of nitrogens with zero attached hydrogens (tertiary/aromatic N) is 6. The topological polar surface area (TPSA) is 160 Å². The van der Waals surface area contributed by atoms with Crippen LogP contribution in [-0.4, -0.2) is 131 Å². The highest BCUT2D eigenvalue weighted by atomic mass is 16.3. The first-order valence-corrected chi connectivity index (χ1v) is 15.4. The molecule has 6 amide bonds. The van der Waals surface area contributed by atoms with Crippen molar-refractivity contribution in [3.05, 3.63) is 59.7 Å². The minimum absolute atomic E-state index is 0.0630. The number of aliphatic hydroxyl groups is 1. The van der Waals surface area contributed by atoms with Crippen molar-refractivity contribution >= 4 is 35.3 Å². The van der Waals surface area contributed by atoms with Crippen molar-refractivity contribution in [2.24, 2.45) is 0 Å². The quantitative estimate of drug-likeness (QED) is 0.309. The Morgan fingerprint density at radius 3 is 1.53 bits per heavy atom. The second-order valence-corrected chi connectivity index (χ2v) is 11.6. The Balaban J connectivity index is 1.14. The van der Waals surface area contributed by atoms with E-state index >= 15 is 0 Å². The Hall–Kier alpha value is -5.40. The summed E-state index contributed by atoms with van der Waals surface area (Å²) in [5, 5.41) is 10.3. The fourth-order valence-electron chi connectivity index (χ4n) is 5.29. The fourth-order valence-corrected chi connectivity index (χ4v) is 5.29. The largest absolute Gasteiger partial charge is 0.399 e. The molecular weight excluding hydrogens is 600 g/mol. The first kappa shape index (κ1) is 34.5. The second kappa shape index (κ2) is 16.2. The summed E-state index contributed by atoms with van der Waals surface area (Å²) >= 11 is 0. The average Bonchev–Trinajstić information content (AvgIpc) is 3.09. The van der Waals surface area contributed by atoms with Crippen LogP contribution in [0.1, 0.15) is 17.5 Å². The molecule has 2 aliphatic heterocycles. The van der Waals surface area contributed by atoms with Gasteiger partial charge in [0.1, 0.15) is 0 Å². The number of anilines is 2. The molecule has 248 valence electrons. The molecule has 13 heteroatoms. The van der Waals surface area contributed by atoms with Crippen molar-refractivity contribution in [1.29, 1.82) is 0 Å². The predicted octanol–water partition coefficient (Wildman–Crippen LogP) is 0.701. The van der Waals surface area contributed by atoms with Crippen molar-refractivity contribution in [3.8, 4) is 23.7 Å². The molecule has 2 aromatic rings. The van der Waals surface area contributed by atoms with E-state index in [1.807, 2.05) is 24.3 Å². The molecule has 2 aromatic carbocycles. The molecule has 1 unspecified atom stereocenters. The summed E-state index contributed by atoms with van der Waals surface area (Å²) in [5.74, 6) is 9.39. The van der Waals surface area contributed by atoms with E-state index in [0.717, 1.165) is 11.1 Å². The number of carbonyl (C=O) groups excluding carboxylic acids is 4. The number of urea groups is 2. The summed E-state index contributed by atoms with van der Waals surface area (Å²) in [6.45, 7) is 3.74. The Morgan fingerprint density at radius 2 is 1.09 bits per heavy atom. The zero-order chi connectivity index (χ0) is 33.9. The molecule has 0 bridgehead atoms. The molecule has 2 fully saturated rings. The first-order valence-electron chi connectivity index (χ1n) is 15.4. The minimum Gasteiger partial charge on any atom is -0.399 e. The maximum atomic E-state index is 12.9. The zero-order valence-corrected chi connectivity index (χ0v) is 26.9. The number of benzene rings is 2. The van der Waals surface area contributed by atoms with E-state index in [1.165, 1.54) is 4.90 Å². The van der Waals surface area contributed by atoms with E-state index < -0.39 is 12.0 Å². The van der Waals surface area contributed by atoms with Gasteiger partial charge in [-0.3, -0.25) is 9.59 Å². The number of nitrogen functional groups attached to an aromatic ring is 2. The number of hydrogen-bond donors (Lipinski definition) is 3. The molecule has 2 heterocycles. The van der Waals surface area contributed by atoms with Gasteiger partial charge in [-0.2, -0.15) is 0 Å². The Kier molecular flexibility index (Phi) is 11.9. The molecule has 5 N–H and O–H groups in total. The van der Waals surface area contributed by atoms with Gasteiger partial charge >= 0.3 is 12.1 Å². The van der Waals surface area contributed by atoms with Crippen molar-refractivity contribution in [2.45, 2.75) is 25.6 Å². The van der Waals surface area contributed by atoms with Crippen LogP contribution in [0.4, 0.5) is 21.0 Å². The van der Waals surface area contributed by atoms with Crippen molar-refractivity contribution in [1.82, 2.24) is 29.4 Å². The lowest BCUT2D eigenvalue weighted by Crippen LogP contribution is -2.54. The van der Waals surface area contributed by atoms with Crippen LogP contribution >= 0.6 is 0 Å². The van der Waals surface area contributed by atoms with E-state index in [0.29, 0.717) is 63.7 Å². The third kappa shape index (κ3) is 9.79. The predicted molar refractivity (Wildman–Crippen MR) is 178 cm³/mol. The molecule has 0 saturated carbocycles. The van der Waals surface area contributed by atoms with Crippen LogP contribution in [-0.2, 0) is 22.7 Å².